The first-order valence-corrected chi connectivity index (χ1v) is 5.17. The van der Waals surface area contributed by atoms with Crippen molar-refractivity contribution in [2.45, 2.75) is 0 Å². The average Bonchev–Trinajstić information content (AvgIpc) is 2.54. The van der Waals surface area contributed by atoms with Gasteiger partial charge in [0, 0.05) is 19.2 Å². The van der Waals surface area contributed by atoms with Gasteiger partial charge >= 0.3 is 0 Å². The zero-order valence-corrected chi connectivity index (χ0v) is 9.37. The van der Waals surface area contributed by atoms with Gasteiger partial charge in [-0.3, -0.25) is 9.59 Å². The van der Waals surface area contributed by atoms with E-state index in [1.807, 2.05) is 0 Å². The molecule has 6 heteroatoms. The quantitative estimate of drug-likeness (QED) is 0.645. The number of carbonyl (C=O) groups excluding carboxylic acids is 2. The molecule has 0 fully saturated rings. The lowest BCUT2D eigenvalue weighted by Gasteiger charge is -2.17. The Hall–Kier alpha value is -2.08. The molecule has 0 bridgehead atoms. The average molecular weight is 252 g/mol. The number of carbonyl (C=O) groups is 2. The van der Waals surface area contributed by atoms with Crippen molar-refractivity contribution in [2.75, 3.05) is 18.0 Å². The molecular formula is C12H10F2N2O2. The number of hydrogen-bond acceptors (Lipinski definition) is 3. The van der Waals surface area contributed by atoms with E-state index in [9.17, 15) is 18.4 Å². The topological polar surface area (TPSA) is 63.4 Å². The zero-order chi connectivity index (χ0) is 13.4. The van der Waals surface area contributed by atoms with Crippen LogP contribution in [0.25, 0.3) is 0 Å². The second-order valence-corrected chi connectivity index (χ2v) is 3.96. The fourth-order valence-corrected chi connectivity index (χ4v) is 1.78. The van der Waals surface area contributed by atoms with E-state index in [0.29, 0.717) is 11.6 Å². The molecule has 1 heterocycles. The second kappa shape index (κ2) is 4.30. The van der Waals surface area contributed by atoms with E-state index < -0.39 is 28.9 Å². The van der Waals surface area contributed by atoms with E-state index in [2.05, 4.69) is 6.58 Å². The molecule has 0 radical (unpaired) electrons. The first-order chi connectivity index (χ1) is 8.45. The molecule has 1 aromatic rings. The lowest BCUT2D eigenvalue weighted by Crippen LogP contribution is -2.32. The Kier molecular flexibility index (Phi) is 2.96. The van der Waals surface area contributed by atoms with Gasteiger partial charge in [-0.15, -0.1) is 0 Å². The van der Waals surface area contributed by atoms with Crippen LogP contribution in [0.2, 0.25) is 0 Å². The van der Waals surface area contributed by atoms with Crippen LogP contribution in [-0.4, -0.2) is 24.8 Å². The summed E-state index contributed by atoms with van der Waals surface area (Å²) in [4.78, 5) is 24.3. The van der Waals surface area contributed by atoms with Crippen molar-refractivity contribution < 1.29 is 18.4 Å². The van der Waals surface area contributed by atoms with Crippen LogP contribution in [0.4, 0.5) is 14.5 Å². The monoisotopic (exact) mass is 252 g/mol. The minimum Gasteiger partial charge on any atom is -0.327 e. The van der Waals surface area contributed by atoms with Crippen molar-refractivity contribution in [3.8, 4) is 0 Å². The summed E-state index contributed by atoms with van der Waals surface area (Å²) < 4.78 is 26.6. The number of nitrogens with two attached hydrogens (primary N) is 1. The Morgan fingerprint density at radius 2 is 2.00 bits per heavy atom. The van der Waals surface area contributed by atoms with E-state index in [1.54, 1.807) is 0 Å². The van der Waals surface area contributed by atoms with Gasteiger partial charge in [-0.1, -0.05) is 6.58 Å². The number of Topliss-reactive ketones (excluding diaryl/α,β-unsaturated/α-hetero) is 1. The van der Waals surface area contributed by atoms with Gasteiger partial charge in [0.15, 0.2) is 0 Å². The molecule has 4 nitrogen and oxygen atoms in total. The van der Waals surface area contributed by atoms with Crippen molar-refractivity contribution in [1.29, 1.82) is 0 Å². The number of benzene rings is 1. The van der Waals surface area contributed by atoms with Crippen LogP contribution < -0.4 is 10.6 Å². The third-order valence-electron chi connectivity index (χ3n) is 2.66. The Labute approximate surface area is 102 Å². The normalized spacial score (nSPS) is 14.1. The van der Waals surface area contributed by atoms with Crippen LogP contribution in [-0.2, 0) is 4.79 Å². The molecule has 18 heavy (non-hydrogen) atoms. The molecule has 1 aliphatic heterocycles. The summed E-state index contributed by atoms with van der Waals surface area (Å²) in [6.45, 7) is 3.68. The molecule has 0 atom stereocenters. The van der Waals surface area contributed by atoms with Crippen molar-refractivity contribution in [2.24, 2.45) is 5.73 Å². The van der Waals surface area contributed by atoms with Crippen LogP contribution in [0.1, 0.15) is 10.4 Å². The van der Waals surface area contributed by atoms with Gasteiger partial charge < -0.3 is 10.6 Å². The third-order valence-corrected chi connectivity index (χ3v) is 2.66. The summed E-state index contributed by atoms with van der Waals surface area (Å²) >= 11 is 0. The van der Waals surface area contributed by atoms with Gasteiger partial charge in [-0.2, -0.15) is 0 Å². The molecule has 94 valence electrons. The predicted molar refractivity (Wildman–Crippen MR) is 61.2 cm³/mol. The summed E-state index contributed by atoms with van der Waals surface area (Å²) in [5, 5.41) is 0. The van der Waals surface area contributed by atoms with Crippen molar-refractivity contribution in [3.63, 3.8) is 0 Å². The van der Waals surface area contributed by atoms with Gasteiger partial charge in [0.1, 0.15) is 11.6 Å². The highest BCUT2D eigenvalue weighted by Gasteiger charge is 2.38. The van der Waals surface area contributed by atoms with Crippen molar-refractivity contribution in [1.82, 2.24) is 0 Å². The van der Waals surface area contributed by atoms with Crippen LogP contribution in [0.5, 0.6) is 0 Å². The van der Waals surface area contributed by atoms with E-state index in [4.69, 9.17) is 5.73 Å². The zero-order valence-electron chi connectivity index (χ0n) is 9.37. The fourth-order valence-electron chi connectivity index (χ4n) is 1.78. The molecule has 0 aliphatic carbocycles. The largest absolute Gasteiger partial charge is 0.327 e. The number of fused-ring (bicyclic) bond motifs is 1. The van der Waals surface area contributed by atoms with Gasteiger partial charge in [-0.05, 0) is 11.6 Å². The lowest BCUT2D eigenvalue weighted by atomic mass is 10.1. The number of anilines is 1. The number of hydrogen-bond donors (Lipinski definition) is 1. The summed E-state index contributed by atoms with van der Waals surface area (Å²) in [6, 6.07) is 1.52. The molecule has 2 N–H and O–H groups in total. The van der Waals surface area contributed by atoms with Crippen LogP contribution in [0.15, 0.2) is 24.3 Å². The summed E-state index contributed by atoms with van der Waals surface area (Å²) in [7, 11) is 0. The fraction of sp³-hybridized carbons (Fsp3) is 0.167. The van der Waals surface area contributed by atoms with Gasteiger partial charge in [0.05, 0.1) is 11.3 Å². The highest BCUT2D eigenvalue weighted by atomic mass is 19.1. The number of ketones is 1. The number of rotatable bonds is 3. The summed E-state index contributed by atoms with van der Waals surface area (Å²) in [5.41, 5.74) is 5.35. The van der Waals surface area contributed by atoms with Crippen molar-refractivity contribution in [3.05, 3.63) is 41.5 Å². The Morgan fingerprint density at radius 1 is 1.33 bits per heavy atom. The standard InChI is InChI=1S/C12H10F2N2O2/c1-6(4-15)5-16-9-3-7(13)2-8(14)10(9)11(17)12(16)18/h2-3H,1,4-5,15H2. The predicted octanol–water partition coefficient (Wildman–Crippen LogP) is 1.01. The van der Waals surface area contributed by atoms with E-state index >= 15 is 0 Å². The first-order valence-electron chi connectivity index (χ1n) is 5.17. The van der Waals surface area contributed by atoms with Crippen molar-refractivity contribution >= 4 is 17.4 Å². The third kappa shape index (κ3) is 1.80. The smallest absolute Gasteiger partial charge is 0.299 e. The van der Waals surface area contributed by atoms with Crippen LogP contribution in [0.3, 0.4) is 0 Å². The molecule has 0 spiro atoms. The first kappa shape index (κ1) is 12.4. The molecule has 1 aromatic carbocycles. The van der Waals surface area contributed by atoms with Gasteiger partial charge in [0.2, 0.25) is 0 Å². The molecule has 0 aromatic heterocycles. The van der Waals surface area contributed by atoms with Gasteiger partial charge in [0.25, 0.3) is 11.7 Å². The molecule has 0 saturated carbocycles. The number of nitrogens with zero attached hydrogens (tertiary/aromatic N) is 1. The minimum atomic E-state index is -1.04. The summed E-state index contributed by atoms with van der Waals surface area (Å²) in [5.74, 6) is -3.77. The Balaban J connectivity index is 2.51. The highest BCUT2D eigenvalue weighted by Crippen LogP contribution is 2.32. The second-order valence-electron chi connectivity index (χ2n) is 3.96. The van der Waals surface area contributed by atoms with Gasteiger partial charge in [-0.25, -0.2) is 8.78 Å². The lowest BCUT2D eigenvalue weighted by molar-refractivity contribution is -0.114. The number of halogens is 2. The van der Waals surface area contributed by atoms with Crippen LogP contribution >= 0.6 is 0 Å². The highest BCUT2D eigenvalue weighted by molar-refractivity contribution is 6.52. The maximum atomic E-state index is 13.5. The SMILES string of the molecule is C=C(CN)CN1C(=O)C(=O)c2c(F)cc(F)cc21. The summed E-state index contributed by atoms with van der Waals surface area (Å²) in [6.07, 6.45) is 0. The molecule has 0 unspecified atom stereocenters. The maximum Gasteiger partial charge on any atom is 0.299 e. The minimum absolute atomic E-state index is 0.0308. The van der Waals surface area contributed by atoms with E-state index in [-0.39, 0.29) is 18.8 Å². The Bertz CT molecular complexity index is 569. The number of amides is 1. The molecule has 1 amide bonds. The Morgan fingerprint density at radius 3 is 2.61 bits per heavy atom. The molecule has 1 aliphatic rings. The molecular weight excluding hydrogens is 242 g/mol. The van der Waals surface area contributed by atoms with E-state index in [1.165, 1.54) is 0 Å². The molecule has 0 saturated heterocycles. The maximum absolute atomic E-state index is 13.5. The van der Waals surface area contributed by atoms with E-state index in [0.717, 1.165) is 11.0 Å². The van der Waals surface area contributed by atoms with Crippen LogP contribution in [0, 0.1) is 11.6 Å². The molecule has 2 rings (SSSR count).